The van der Waals surface area contributed by atoms with E-state index < -0.39 is 27.3 Å². The monoisotopic (exact) mass is 656 g/mol. The van der Waals surface area contributed by atoms with Crippen LogP contribution in [0.2, 0.25) is 0 Å². The molecule has 1 saturated carbocycles. The van der Waals surface area contributed by atoms with Crippen molar-refractivity contribution in [2.75, 3.05) is 56.8 Å². The van der Waals surface area contributed by atoms with Crippen LogP contribution in [-0.4, -0.2) is 93.6 Å². The van der Waals surface area contributed by atoms with Gasteiger partial charge in [0.1, 0.15) is 22.5 Å². The number of anilines is 1. The Bertz CT molecular complexity index is 1430. The summed E-state index contributed by atoms with van der Waals surface area (Å²) in [6.45, 7) is 7.32. The van der Waals surface area contributed by atoms with Crippen molar-refractivity contribution in [3.05, 3.63) is 58.9 Å². The van der Waals surface area contributed by atoms with Crippen molar-refractivity contribution in [3.63, 3.8) is 0 Å². The lowest BCUT2D eigenvalue weighted by Gasteiger charge is -2.30. The molecule has 1 aromatic heterocycles. The van der Waals surface area contributed by atoms with Crippen molar-refractivity contribution >= 4 is 33.3 Å². The van der Waals surface area contributed by atoms with Gasteiger partial charge in [-0.2, -0.15) is 0 Å². The van der Waals surface area contributed by atoms with Gasteiger partial charge in [-0.15, -0.1) is 0 Å². The number of rotatable bonds is 15. The first-order chi connectivity index (χ1) is 22.0. The summed E-state index contributed by atoms with van der Waals surface area (Å²) in [5.41, 5.74) is 2.80. The van der Waals surface area contributed by atoms with Crippen LogP contribution < -0.4 is 10.6 Å². The Hall–Kier alpha value is -3.35. The third-order valence-corrected chi connectivity index (χ3v) is 10.1. The lowest BCUT2D eigenvalue weighted by molar-refractivity contribution is -0.150. The van der Waals surface area contributed by atoms with E-state index in [1.54, 1.807) is 31.3 Å². The van der Waals surface area contributed by atoms with Gasteiger partial charge in [0.15, 0.2) is 0 Å². The van der Waals surface area contributed by atoms with Gasteiger partial charge in [-0.05, 0) is 68.9 Å². The number of nitrogens with one attached hydrogen (secondary N) is 2. The van der Waals surface area contributed by atoms with E-state index in [-0.39, 0.29) is 30.6 Å². The molecule has 12 heteroatoms. The van der Waals surface area contributed by atoms with Crippen LogP contribution >= 0.6 is 0 Å². The van der Waals surface area contributed by atoms with E-state index in [0.717, 1.165) is 37.1 Å². The lowest BCUT2D eigenvalue weighted by atomic mass is 9.80. The van der Waals surface area contributed by atoms with Crippen LogP contribution in [-0.2, 0) is 35.3 Å². The highest BCUT2D eigenvalue weighted by Crippen LogP contribution is 2.42. The summed E-state index contributed by atoms with van der Waals surface area (Å²) in [6.07, 6.45) is 8.08. The van der Waals surface area contributed by atoms with Crippen LogP contribution in [0, 0.1) is 19.3 Å². The molecule has 0 radical (unpaired) electrons. The van der Waals surface area contributed by atoms with E-state index in [1.165, 1.54) is 6.26 Å². The van der Waals surface area contributed by atoms with Crippen LogP contribution in [0.1, 0.15) is 72.1 Å². The highest BCUT2D eigenvalue weighted by molar-refractivity contribution is 7.90. The van der Waals surface area contributed by atoms with E-state index in [0.29, 0.717) is 68.8 Å². The van der Waals surface area contributed by atoms with Gasteiger partial charge in [0.25, 0.3) is 5.91 Å². The number of aryl methyl sites for hydroxylation is 2. The number of ether oxygens (including phenoxy) is 2. The minimum absolute atomic E-state index is 0.0979. The molecule has 2 N–H and O–H groups in total. The zero-order chi connectivity index (χ0) is 33.2. The molecule has 46 heavy (non-hydrogen) atoms. The van der Waals surface area contributed by atoms with E-state index in [9.17, 15) is 22.8 Å². The van der Waals surface area contributed by atoms with E-state index in [2.05, 4.69) is 20.5 Å². The molecule has 1 aromatic carbocycles. The molecule has 2 amide bonds. The molecule has 1 aliphatic carbocycles. The fraction of sp³-hybridized carbons (Fsp3) is 0.588. The summed E-state index contributed by atoms with van der Waals surface area (Å²) in [7, 11) is -3.07. The standard InChI is InChI=1S/C34H48N4O7S/c1-25-12-16-35-26(2)30(25)31(39)36-28-10-8-27(9-11-28)24-29(32(40)45-22-19-38-17-20-44-21-18-38)37-33(41)34(13-4-5-14-34)15-6-7-23-46(3,42)43/h8-12,16,29H,4-7,13-15,17-24H2,1-3H3,(H,36,39)(H,37,41). The zero-order valence-corrected chi connectivity index (χ0v) is 28.1. The number of unbranched alkanes of at least 4 members (excludes halogenated alkanes) is 1. The highest BCUT2D eigenvalue weighted by Gasteiger charge is 2.42. The molecular weight excluding hydrogens is 608 g/mol. The Morgan fingerprint density at radius 3 is 2.39 bits per heavy atom. The van der Waals surface area contributed by atoms with E-state index >= 15 is 0 Å². The summed E-state index contributed by atoms with van der Waals surface area (Å²) < 4.78 is 34.3. The molecule has 2 fully saturated rings. The Morgan fingerprint density at radius 2 is 1.74 bits per heavy atom. The largest absolute Gasteiger partial charge is 0.463 e. The van der Waals surface area contributed by atoms with Crippen molar-refractivity contribution in [2.24, 2.45) is 5.41 Å². The van der Waals surface area contributed by atoms with Gasteiger partial charge in [0, 0.05) is 55.4 Å². The zero-order valence-electron chi connectivity index (χ0n) is 27.3. The molecule has 0 spiro atoms. The molecule has 11 nitrogen and oxygen atoms in total. The second-order valence-electron chi connectivity index (χ2n) is 12.7. The van der Waals surface area contributed by atoms with Crippen LogP contribution in [0.25, 0.3) is 0 Å². The van der Waals surface area contributed by atoms with Gasteiger partial charge in [-0.25, -0.2) is 13.2 Å². The van der Waals surface area contributed by atoms with Gasteiger partial charge in [-0.3, -0.25) is 19.5 Å². The van der Waals surface area contributed by atoms with Crippen LogP contribution in [0.4, 0.5) is 5.69 Å². The number of sulfone groups is 1. The first-order valence-electron chi connectivity index (χ1n) is 16.2. The molecule has 2 aromatic rings. The van der Waals surface area contributed by atoms with Gasteiger partial charge >= 0.3 is 5.97 Å². The minimum Gasteiger partial charge on any atom is -0.463 e. The summed E-state index contributed by atoms with van der Waals surface area (Å²) >= 11 is 0. The average Bonchev–Trinajstić information content (AvgIpc) is 3.50. The normalized spacial score (nSPS) is 17.3. The first kappa shape index (κ1) is 35.5. The number of pyridine rings is 1. The number of esters is 1. The minimum atomic E-state index is -3.07. The molecule has 1 unspecified atom stereocenters. The maximum atomic E-state index is 13.8. The number of nitrogens with zero attached hydrogens (tertiary/aromatic N) is 2. The Balaban J connectivity index is 1.43. The van der Waals surface area contributed by atoms with Crippen molar-refractivity contribution < 1.29 is 32.3 Å². The maximum Gasteiger partial charge on any atom is 0.329 e. The Labute approximate surface area is 272 Å². The van der Waals surface area contributed by atoms with Crippen molar-refractivity contribution in [2.45, 2.75) is 71.3 Å². The van der Waals surface area contributed by atoms with Crippen molar-refractivity contribution in [3.8, 4) is 0 Å². The second kappa shape index (κ2) is 16.5. The maximum absolute atomic E-state index is 13.8. The van der Waals surface area contributed by atoms with E-state index in [4.69, 9.17) is 9.47 Å². The fourth-order valence-corrected chi connectivity index (χ4v) is 7.09. The number of carbonyl (C=O) groups excluding carboxylic acids is 3. The van der Waals surface area contributed by atoms with Gasteiger partial charge in [0.2, 0.25) is 5.91 Å². The third-order valence-electron chi connectivity index (χ3n) is 9.04. The lowest BCUT2D eigenvalue weighted by Crippen LogP contribution is -2.49. The topological polar surface area (TPSA) is 144 Å². The van der Waals surface area contributed by atoms with Gasteiger partial charge < -0.3 is 20.1 Å². The second-order valence-corrected chi connectivity index (χ2v) is 14.9. The summed E-state index contributed by atoms with van der Waals surface area (Å²) in [5.74, 6) is -0.818. The molecule has 1 atom stereocenters. The average molecular weight is 657 g/mol. The predicted octanol–water partition coefficient (Wildman–Crippen LogP) is 3.63. The number of morpholine rings is 1. The first-order valence-corrected chi connectivity index (χ1v) is 18.3. The summed E-state index contributed by atoms with van der Waals surface area (Å²) in [6, 6.07) is 8.11. The molecule has 1 aliphatic heterocycles. The van der Waals surface area contributed by atoms with E-state index in [1.807, 2.05) is 19.1 Å². The fourth-order valence-electron chi connectivity index (χ4n) is 6.37. The summed E-state index contributed by atoms with van der Waals surface area (Å²) in [4.78, 5) is 46.6. The van der Waals surface area contributed by atoms with Crippen molar-refractivity contribution in [1.29, 1.82) is 0 Å². The molecule has 1 saturated heterocycles. The smallest absolute Gasteiger partial charge is 0.329 e. The van der Waals surface area contributed by atoms with Crippen LogP contribution in [0.5, 0.6) is 0 Å². The summed E-state index contributed by atoms with van der Waals surface area (Å²) in [5, 5.41) is 5.95. The predicted molar refractivity (Wildman–Crippen MR) is 176 cm³/mol. The number of carbonyl (C=O) groups is 3. The van der Waals surface area contributed by atoms with Gasteiger partial charge in [0.05, 0.1) is 24.5 Å². The number of benzene rings is 1. The van der Waals surface area contributed by atoms with Crippen molar-refractivity contribution in [1.82, 2.24) is 15.2 Å². The molecule has 4 rings (SSSR count). The van der Waals surface area contributed by atoms with Gasteiger partial charge in [-0.1, -0.05) is 31.4 Å². The number of hydrogen-bond acceptors (Lipinski definition) is 9. The molecule has 2 aliphatic rings. The quantitative estimate of drug-likeness (QED) is 0.217. The molecule has 252 valence electrons. The number of amides is 2. The third kappa shape index (κ3) is 10.3. The molecule has 0 bridgehead atoms. The number of aromatic nitrogens is 1. The van der Waals surface area contributed by atoms with Crippen LogP contribution in [0.15, 0.2) is 36.5 Å². The SMILES string of the molecule is Cc1ccnc(C)c1C(=O)Nc1ccc(CC(NC(=O)C2(CCCCS(C)(=O)=O)CCCC2)C(=O)OCCN2CCOCC2)cc1. The molecular formula is C34H48N4O7S. The Morgan fingerprint density at radius 1 is 1.04 bits per heavy atom. The molecule has 2 heterocycles. The van der Waals surface area contributed by atoms with Crippen LogP contribution in [0.3, 0.4) is 0 Å². The Kier molecular flexibility index (Phi) is 12.7. The number of hydrogen-bond donors (Lipinski definition) is 2. The highest BCUT2D eigenvalue weighted by atomic mass is 32.2.